The van der Waals surface area contributed by atoms with Gasteiger partial charge in [0, 0.05) is 6.07 Å². The van der Waals surface area contributed by atoms with Crippen LogP contribution in [0, 0.1) is 5.92 Å². The number of ether oxygens (including phenoxy) is 1. The lowest BCUT2D eigenvalue weighted by atomic mass is 10.3. The molecule has 1 aromatic heterocycles. The second-order valence-electron chi connectivity index (χ2n) is 3.70. The average Bonchev–Trinajstić information content (AvgIpc) is 2.95. The minimum absolute atomic E-state index is 0.342. The molecule has 0 unspecified atom stereocenters. The Kier molecular flexibility index (Phi) is 2.43. The Bertz CT molecular complexity index is 323. The van der Waals surface area contributed by atoms with Crippen molar-refractivity contribution in [3.63, 3.8) is 0 Å². The summed E-state index contributed by atoms with van der Waals surface area (Å²) in [5.74, 6) is 1.78. The van der Waals surface area contributed by atoms with Crippen LogP contribution < -0.4 is 16.2 Å². The molecule has 1 aliphatic rings. The van der Waals surface area contributed by atoms with Crippen molar-refractivity contribution in [3.05, 3.63) is 12.1 Å². The van der Waals surface area contributed by atoms with Crippen LogP contribution in [0.3, 0.4) is 0 Å². The number of pyridine rings is 1. The monoisotopic (exact) mass is 193 g/mol. The van der Waals surface area contributed by atoms with Gasteiger partial charge < -0.3 is 16.2 Å². The van der Waals surface area contributed by atoms with E-state index >= 15 is 0 Å². The van der Waals surface area contributed by atoms with Gasteiger partial charge in [0.15, 0.2) is 5.82 Å². The van der Waals surface area contributed by atoms with Crippen molar-refractivity contribution in [3.8, 4) is 5.88 Å². The van der Waals surface area contributed by atoms with Crippen LogP contribution in [0.2, 0.25) is 0 Å². The Morgan fingerprint density at radius 2 is 2.14 bits per heavy atom. The molecule has 1 aromatic rings. The standard InChI is InChI=1S/C10H15N3O/c11-8-3-4-9(13-10(8)12)14-6-5-7-1-2-7/h3-4,7H,1-2,5-6,11H2,(H2,12,13). The molecule has 4 nitrogen and oxygen atoms in total. The molecule has 1 fully saturated rings. The van der Waals surface area contributed by atoms with Crippen LogP contribution in [0.1, 0.15) is 19.3 Å². The Hall–Kier alpha value is -1.45. The van der Waals surface area contributed by atoms with Crippen molar-refractivity contribution < 1.29 is 4.74 Å². The van der Waals surface area contributed by atoms with E-state index in [1.165, 1.54) is 12.8 Å². The quantitative estimate of drug-likeness (QED) is 0.758. The molecule has 14 heavy (non-hydrogen) atoms. The largest absolute Gasteiger partial charge is 0.478 e. The summed E-state index contributed by atoms with van der Waals surface area (Å²) in [5, 5.41) is 0. The molecule has 0 atom stereocenters. The van der Waals surface area contributed by atoms with Gasteiger partial charge in [-0.1, -0.05) is 12.8 Å². The number of hydrogen-bond acceptors (Lipinski definition) is 4. The molecule has 4 heteroatoms. The van der Waals surface area contributed by atoms with Crippen molar-refractivity contribution in [2.24, 2.45) is 5.92 Å². The minimum atomic E-state index is 0.342. The molecule has 2 rings (SSSR count). The van der Waals surface area contributed by atoms with Crippen molar-refractivity contribution in [1.82, 2.24) is 4.98 Å². The summed E-state index contributed by atoms with van der Waals surface area (Å²) in [6.07, 6.45) is 3.81. The van der Waals surface area contributed by atoms with Gasteiger partial charge in [-0.05, 0) is 18.4 Å². The van der Waals surface area contributed by atoms with E-state index in [4.69, 9.17) is 16.2 Å². The number of nitrogen functional groups attached to an aromatic ring is 2. The summed E-state index contributed by atoms with van der Waals surface area (Å²) in [7, 11) is 0. The lowest BCUT2D eigenvalue weighted by Gasteiger charge is -2.05. The van der Waals surface area contributed by atoms with Gasteiger partial charge in [-0.2, -0.15) is 4.98 Å². The summed E-state index contributed by atoms with van der Waals surface area (Å²) in [6.45, 7) is 0.723. The van der Waals surface area contributed by atoms with Gasteiger partial charge in [0.2, 0.25) is 5.88 Å². The topological polar surface area (TPSA) is 74.2 Å². The molecular formula is C10H15N3O. The number of anilines is 2. The molecule has 0 saturated heterocycles. The number of hydrogen-bond donors (Lipinski definition) is 2. The van der Waals surface area contributed by atoms with Crippen LogP contribution in [0.15, 0.2) is 12.1 Å². The highest BCUT2D eigenvalue weighted by atomic mass is 16.5. The lowest BCUT2D eigenvalue weighted by molar-refractivity contribution is 0.292. The molecule has 0 aliphatic heterocycles. The van der Waals surface area contributed by atoms with Gasteiger partial charge >= 0.3 is 0 Å². The van der Waals surface area contributed by atoms with Crippen LogP contribution in [0.4, 0.5) is 11.5 Å². The predicted molar refractivity (Wildman–Crippen MR) is 55.9 cm³/mol. The third-order valence-electron chi connectivity index (χ3n) is 2.40. The zero-order valence-electron chi connectivity index (χ0n) is 8.07. The summed E-state index contributed by atoms with van der Waals surface area (Å²) >= 11 is 0. The highest BCUT2D eigenvalue weighted by molar-refractivity contribution is 5.58. The van der Waals surface area contributed by atoms with Crippen molar-refractivity contribution in [2.45, 2.75) is 19.3 Å². The van der Waals surface area contributed by atoms with Crippen LogP contribution in [0.25, 0.3) is 0 Å². The fourth-order valence-electron chi connectivity index (χ4n) is 1.28. The predicted octanol–water partition coefficient (Wildman–Crippen LogP) is 1.42. The highest BCUT2D eigenvalue weighted by Gasteiger charge is 2.20. The van der Waals surface area contributed by atoms with Gasteiger partial charge in [-0.3, -0.25) is 0 Å². The Labute approximate surface area is 83.3 Å². The minimum Gasteiger partial charge on any atom is -0.478 e. The van der Waals surface area contributed by atoms with Crippen molar-refractivity contribution in [1.29, 1.82) is 0 Å². The fraction of sp³-hybridized carbons (Fsp3) is 0.500. The fourth-order valence-corrected chi connectivity index (χ4v) is 1.28. The second-order valence-corrected chi connectivity index (χ2v) is 3.70. The third kappa shape index (κ3) is 2.28. The number of nitrogens with two attached hydrogens (primary N) is 2. The molecule has 1 heterocycles. The van der Waals surface area contributed by atoms with Gasteiger partial charge in [0.25, 0.3) is 0 Å². The molecular weight excluding hydrogens is 178 g/mol. The molecule has 0 amide bonds. The van der Waals surface area contributed by atoms with E-state index in [9.17, 15) is 0 Å². The normalized spacial score (nSPS) is 15.4. The number of rotatable bonds is 4. The van der Waals surface area contributed by atoms with Gasteiger partial charge in [0.1, 0.15) is 0 Å². The first-order valence-electron chi connectivity index (χ1n) is 4.90. The first-order chi connectivity index (χ1) is 6.75. The van der Waals surface area contributed by atoms with Crippen LogP contribution in [0.5, 0.6) is 5.88 Å². The van der Waals surface area contributed by atoms with E-state index in [2.05, 4.69) is 4.98 Å². The summed E-state index contributed by atoms with van der Waals surface area (Å²) in [4.78, 5) is 4.02. The average molecular weight is 193 g/mol. The first kappa shape index (κ1) is 9.12. The Morgan fingerprint density at radius 3 is 2.79 bits per heavy atom. The van der Waals surface area contributed by atoms with Crippen LogP contribution >= 0.6 is 0 Å². The van der Waals surface area contributed by atoms with E-state index in [0.717, 1.165) is 18.9 Å². The maximum absolute atomic E-state index is 5.55. The van der Waals surface area contributed by atoms with Gasteiger partial charge in [-0.25, -0.2) is 0 Å². The molecule has 0 bridgehead atoms. The van der Waals surface area contributed by atoms with E-state index in [1.54, 1.807) is 12.1 Å². The first-order valence-corrected chi connectivity index (χ1v) is 4.90. The Balaban J connectivity index is 1.85. The molecule has 0 spiro atoms. The van der Waals surface area contributed by atoms with Crippen molar-refractivity contribution >= 4 is 11.5 Å². The number of nitrogens with zero attached hydrogens (tertiary/aromatic N) is 1. The molecule has 0 aromatic carbocycles. The summed E-state index contributed by atoms with van der Waals surface area (Å²) in [6, 6.07) is 3.47. The zero-order chi connectivity index (χ0) is 9.97. The van der Waals surface area contributed by atoms with Gasteiger partial charge in [-0.15, -0.1) is 0 Å². The van der Waals surface area contributed by atoms with E-state index in [-0.39, 0.29) is 0 Å². The molecule has 4 N–H and O–H groups in total. The second kappa shape index (κ2) is 3.74. The summed E-state index contributed by atoms with van der Waals surface area (Å²) in [5.41, 5.74) is 11.6. The van der Waals surface area contributed by atoms with Crippen LogP contribution in [-0.2, 0) is 0 Å². The smallest absolute Gasteiger partial charge is 0.215 e. The van der Waals surface area contributed by atoms with E-state index in [0.29, 0.717) is 17.4 Å². The van der Waals surface area contributed by atoms with Crippen LogP contribution in [-0.4, -0.2) is 11.6 Å². The molecule has 0 radical (unpaired) electrons. The lowest BCUT2D eigenvalue weighted by Crippen LogP contribution is -2.03. The van der Waals surface area contributed by atoms with Gasteiger partial charge in [0.05, 0.1) is 12.3 Å². The van der Waals surface area contributed by atoms with E-state index in [1.807, 2.05) is 0 Å². The maximum Gasteiger partial charge on any atom is 0.215 e. The highest BCUT2D eigenvalue weighted by Crippen LogP contribution is 2.32. The number of aromatic nitrogens is 1. The third-order valence-corrected chi connectivity index (χ3v) is 2.40. The SMILES string of the molecule is Nc1ccc(OCCC2CC2)nc1N. The summed E-state index contributed by atoms with van der Waals surface area (Å²) < 4.78 is 5.45. The van der Waals surface area contributed by atoms with E-state index < -0.39 is 0 Å². The maximum atomic E-state index is 5.55. The molecule has 1 saturated carbocycles. The van der Waals surface area contributed by atoms with Crippen molar-refractivity contribution in [2.75, 3.05) is 18.1 Å². The zero-order valence-corrected chi connectivity index (χ0v) is 8.07. The Morgan fingerprint density at radius 1 is 1.36 bits per heavy atom. The molecule has 1 aliphatic carbocycles. The molecule has 76 valence electrons.